The van der Waals surface area contributed by atoms with Crippen LogP contribution in [0.25, 0.3) is 0 Å². The van der Waals surface area contributed by atoms with Gasteiger partial charge in [0.05, 0.1) is 6.10 Å². The molecule has 3 nitrogen and oxygen atoms in total. The lowest BCUT2D eigenvalue weighted by atomic mass is 10.1. The van der Waals surface area contributed by atoms with Crippen molar-refractivity contribution in [3.05, 3.63) is 0 Å². The largest absolute Gasteiger partial charge is 0.462 e. The topological polar surface area (TPSA) is 52.3 Å². The summed E-state index contributed by atoms with van der Waals surface area (Å²) in [6.45, 7) is 1.88. The van der Waals surface area contributed by atoms with E-state index in [-0.39, 0.29) is 18.1 Å². The number of rotatable bonds is 0. The van der Waals surface area contributed by atoms with Gasteiger partial charge in [-0.2, -0.15) is 0 Å². The van der Waals surface area contributed by atoms with E-state index in [9.17, 15) is 4.79 Å². The molecule has 0 aromatic rings. The van der Waals surface area contributed by atoms with E-state index in [1.807, 2.05) is 6.92 Å². The third kappa shape index (κ3) is 1.42. The molecule has 2 unspecified atom stereocenters. The van der Waals surface area contributed by atoms with E-state index in [4.69, 9.17) is 10.5 Å². The Balaban J connectivity index is 2.44. The van der Waals surface area contributed by atoms with E-state index in [0.717, 1.165) is 12.8 Å². The fourth-order valence-corrected chi connectivity index (χ4v) is 0.877. The highest BCUT2D eigenvalue weighted by atomic mass is 16.5. The average Bonchev–Trinajstić information content (AvgIpc) is 1.80. The Kier molecular flexibility index (Phi) is 1.71. The molecule has 0 aliphatic carbocycles. The summed E-state index contributed by atoms with van der Waals surface area (Å²) < 4.78 is 4.83. The zero-order valence-electron chi connectivity index (χ0n) is 5.46. The van der Waals surface area contributed by atoms with Gasteiger partial charge in [-0.3, -0.25) is 4.79 Å². The van der Waals surface area contributed by atoms with Crippen LogP contribution in [0.2, 0.25) is 0 Å². The maximum Gasteiger partial charge on any atom is 0.323 e. The molecule has 1 saturated heterocycles. The second-order valence-electron chi connectivity index (χ2n) is 2.43. The van der Waals surface area contributed by atoms with Gasteiger partial charge < -0.3 is 10.5 Å². The van der Waals surface area contributed by atoms with Gasteiger partial charge >= 0.3 is 5.97 Å². The second kappa shape index (κ2) is 2.35. The van der Waals surface area contributed by atoms with E-state index < -0.39 is 0 Å². The molecule has 0 amide bonds. The first-order chi connectivity index (χ1) is 4.20. The zero-order valence-corrected chi connectivity index (χ0v) is 5.46. The van der Waals surface area contributed by atoms with Crippen molar-refractivity contribution in [3.63, 3.8) is 0 Å². The molecule has 0 bridgehead atoms. The lowest BCUT2D eigenvalue weighted by Gasteiger charge is -2.22. The van der Waals surface area contributed by atoms with Gasteiger partial charge in [-0.05, 0) is 19.8 Å². The van der Waals surface area contributed by atoms with Crippen molar-refractivity contribution in [3.8, 4) is 0 Å². The molecule has 0 aromatic carbocycles. The molecule has 52 valence electrons. The molecule has 1 rings (SSSR count). The van der Waals surface area contributed by atoms with E-state index in [1.165, 1.54) is 0 Å². The molecule has 3 heteroatoms. The van der Waals surface area contributed by atoms with E-state index in [2.05, 4.69) is 0 Å². The molecule has 0 spiro atoms. The number of ether oxygens (including phenoxy) is 1. The molecule has 2 N–H and O–H groups in total. The number of carbonyl (C=O) groups excluding carboxylic acids is 1. The molecule has 0 radical (unpaired) electrons. The fraction of sp³-hybridized carbons (Fsp3) is 0.833. The minimum absolute atomic E-state index is 0.0669. The van der Waals surface area contributed by atoms with Crippen molar-refractivity contribution in [2.45, 2.75) is 31.9 Å². The van der Waals surface area contributed by atoms with Crippen molar-refractivity contribution in [1.29, 1.82) is 0 Å². The molecule has 2 atom stereocenters. The summed E-state index contributed by atoms with van der Waals surface area (Å²) in [5.74, 6) is -0.256. The van der Waals surface area contributed by atoms with Crippen molar-refractivity contribution < 1.29 is 9.53 Å². The first-order valence-corrected chi connectivity index (χ1v) is 3.16. The summed E-state index contributed by atoms with van der Waals surface area (Å²) in [4.78, 5) is 10.7. The van der Waals surface area contributed by atoms with Crippen LogP contribution in [0.4, 0.5) is 0 Å². The van der Waals surface area contributed by atoms with Gasteiger partial charge in [-0.15, -0.1) is 0 Å². The van der Waals surface area contributed by atoms with Crippen molar-refractivity contribution >= 4 is 5.97 Å². The third-order valence-corrected chi connectivity index (χ3v) is 1.50. The summed E-state index contributed by atoms with van der Waals surface area (Å²) >= 11 is 0. The lowest BCUT2D eigenvalue weighted by Crippen LogP contribution is -2.39. The Bertz CT molecular complexity index is 124. The molecule has 1 aliphatic heterocycles. The van der Waals surface area contributed by atoms with Gasteiger partial charge in [-0.1, -0.05) is 0 Å². The molecule has 9 heavy (non-hydrogen) atoms. The van der Waals surface area contributed by atoms with Crippen molar-refractivity contribution in [2.24, 2.45) is 5.73 Å². The number of hydrogen-bond acceptors (Lipinski definition) is 3. The first-order valence-electron chi connectivity index (χ1n) is 3.16. The maximum absolute atomic E-state index is 10.7. The number of carbonyl (C=O) groups is 1. The third-order valence-electron chi connectivity index (χ3n) is 1.50. The highest BCUT2D eigenvalue weighted by Crippen LogP contribution is 2.11. The standard InChI is InChI=1S/C6H11NO2/c1-4-2-3-5(7)6(8)9-4/h4-5H,2-3,7H2,1H3. The second-order valence-corrected chi connectivity index (χ2v) is 2.43. The average molecular weight is 129 g/mol. The molecular weight excluding hydrogens is 118 g/mol. The lowest BCUT2D eigenvalue weighted by molar-refractivity contribution is -0.154. The van der Waals surface area contributed by atoms with Gasteiger partial charge in [-0.25, -0.2) is 0 Å². The monoisotopic (exact) mass is 129 g/mol. The number of nitrogens with two attached hydrogens (primary N) is 1. The van der Waals surface area contributed by atoms with Crippen LogP contribution in [-0.4, -0.2) is 18.1 Å². The predicted octanol–water partition coefficient (Wildman–Crippen LogP) is 0.0392. The smallest absolute Gasteiger partial charge is 0.323 e. The minimum atomic E-state index is -0.374. The van der Waals surface area contributed by atoms with Crippen molar-refractivity contribution in [1.82, 2.24) is 0 Å². The normalized spacial score (nSPS) is 36.0. The molecular formula is C6H11NO2. The summed E-state index contributed by atoms with van der Waals surface area (Å²) in [6.07, 6.45) is 1.73. The van der Waals surface area contributed by atoms with Crippen molar-refractivity contribution in [2.75, 3.05) is 0 Å². The number of cyclic esters (lactones) is 1. The maximum atomic E-state index is 10.7. The van der Waals surface area contributed by atoms with E-state index in [1.54, 1.807) is 0 Å². The Morgan fingerprint density at radius 2 is 2.33 bits per heavy atom. The minimum Gasteiger partial charge on any atom is -0.462 e. The van der Waals surface area contributed by atoms with Gasteiger partial charge in [0.1, 0.15) is 6.04 Å². The highest BCUT2D eigenvalue weighted by Gasteiger charge is 2.23. The molecule has 1 aliphatic rings. The van der Waals surface area contributed by atoms with Crippen LogP contribution < -0.4 is 5.73 Å². The van der Waals surface area contributed by atoms with E-state index >= 15 is 0 Å². The predicted molar refractivity (Wildman–Crippen MR) is 32.8 cm³/mol. The van der Waals surface area contributed by atoms with Gasteiger partial charge in [0, 0.05) is 0 Å². The van der Waals surface area contributed by atoms with Crippen LogP contribution >= 0.6 is 0 Å². The summed E-state index contributed by atoms with van der Waals surface area (Å²) in [5.41, 5.74) is 5.37. The summed E-state index contributed by atoms with van der Waals surface area (Å²) in [7, 11) is 0. The molecule has 0 saturated carbocycles. The van der Waals surface area contributed by atoms with Gasteiger partial charge in [0.15, 0.2) is 0 Å². The number of esters is 1. The van der Waals surface area contributed by atoms with Crippen LogP contribution in [0.5, 0.6) is 0 Å². The van der Waals surface area contributed by atoms with Gasteiger partial charge in [0.2, 0.25) is 0 Å². The summed E-state index contributed by atoms with van der Waals surface area (Å²) in [5, 5.41) is 0. The van der Waals surface area contributed by atoms with Gasteiger partial charge in [0.25, 0.3) is 0 Å². The Hall–Kier alpha value is -0.570. The highest BCUT2D eigenvalue weighted by molar-refractivity contribution is 5.76. The van der Waals surface area contributed by atoms with E-state index in [0.29, 0.717) is 0 Å². The van der Waals surface area contributed by atoms with Crippen LogP contribution in [0.1, 0.15) is 19.8 Å². The SMILES string of the molecule is CC1CCC(N)C(=O)O1. The molecule has 1 heterocycles. The Morgan fingerprint density at radius 1 is 1.67 bits per heavy atom. The number of hydrogen-bond donors (Lipinski definition) is 1. The fourth-order valence-electron chi connectivity index (χ4n) is 0.877. The first kappa shape index (κ1) is 6.55. The Labute approximate surface area is 54.2 Å². The molecule has 1 fully saturated rings. The molecule has 0 aromatic heterocycles. The van der Waals surface area contributed by atoms with Crippen LogP contribution in [0.15, 0.2) is 0 Å². The van der Waals surface area contributed by atoms with Crippen LogP contribution in [0, 0.1) is 0 Å². The summed E-state index contributed by atoms with van der Waals surface area (Å²) in [6, 6.07) is -0.374. The van der Waals surface area contributed by atoms with Crippen LogP contribution in [-0.2, 0) is 9.53 Å². The quantitative estimate of drug-likeness (QED) is 0.470. The Morgan fingerprint density at radius 3 is 2.78 bits per heavy atom. The zero-order chi connectivity index (χ0) is 6.85. The van der Waals surface area contributed by atoms with Crippen LogP contribution in [0.3, 0.4) is 0 Å².